The molecule has 152 valence electrons. The number of allylic oxidation sites excluding steroid dienone is 1. The van der Waals surface area contributed by atoms with Gasteiger partial charge in [0.05, 0.1) is 6.20 Å². The maximum absolute atomic E-state index is 12.1. The van der Waals surface area contributed by atoms with E-state index in [0.29, 0.717) is 47.2 Å². The molecule has 3 N–H and O–H groups in total. The predicted octanol–water partition coefficient (Wildman–Crippen LogP) is 3.50. The molecule has 1 amide bonds. The van der Waals surface area contributed by atoms with E-state index >= 15 is 0 Å². The molecule has 1 saturated carbocycles. The van der Waals surface area contributed by atoms with Crippen LogP contribution in [-0.2, 0) is 4.79 Å². The molecule has 8 heteroatoms. The summed E-state index contributed by atoms with van der Waals surface area (Å²) in [7, 11) is 0. The van der Waals surface area contributed by atoms with Gasteiger partial charge in [0.2, 0.25) is 11.9 Å². The third kappa shape index (κ3) is 3.63. The minimum Gasteiger partial charge on any atom is -0.351 e. The Morgan fingerprint density at radius 2 is 2.07 bits per heavy atom. The SMILES string of the molecule is C=C1C/C(=C\c2cnn3c(Nc4ccccc4)nc(N[C@H](C)C4CC4)nc23)C(=O)N1. The van der Waals surface area contributed by atoms with Crippen LogP contribution in [0.5, 0.6) is 0 Å². The maximum atomic E-state index is 12.1. The van der Waals surface area contributed by atoms with Crippen LogP contribution < -0.4 is 16.0 Å². The van der Waals surface area contributed by atoms with Gasteiger partial charge in [0.15, 0.2) is 5.65 Å². The Labute approximate surface area is 174 Å². The van der Waals surface area contributed by atoms with E-state index in [1.165, 1.54) is 12.8 Å². The van der Waals surface area contributed by atoms with E-state index in [1.54, 1.807) is 10.7 Å². The molecule has 8 nitrogen and oxygen atoms in total. The third-order valence-corrected chi connectivity index (χ3v) is 5.43. The van der Waals surface area contributed by atoms with Crippen LogP contribution in [0.15, 0.2) is 54.4 Å². The lowest BCUT2D eigenvalue weighted by molar-refractivity contribution is -0.115. The quantitative estimate of drug-likeness (QED) is 0.547. The van der Waals surface area contributed by atoms with Gasteiger partial charge >= 0.3 is 0 Å². The van der Waals surface area contributed by atoms with Crippen LogP contribution in [0.4, 0.5) is 17.6 Å². The molecule has 2 fully saturated rings. The van der Waals surface area contributed by atoms with Crippen LogP contribution in [0.2, 0.25) is 0 Å². The van der Waals surface area contributed by atoms with E-state index in [0.717, 1.165) is 11.3 Å². The van der Waals surface area contributed by atoms with Gasteiger partial charge in [-0.25, -0.2) is 0 Å². The molecular formula is C22H23N7O. The second-order valence-electron chi connectivity index (χ2n) is 7.87. The van der Waals surface area contributed by atoms with Gasteiger partial charge in [-0.2, -0.15) is 19.6 Å². The highest BCUT2D eigenvalue weighted by Gasteiger charge is 2.28. The Hall–Kier alpha value is -3.68. The van der Waals surface area contributed by atoms with E-state index < -0.39 is 0 Å². The Kier molecular flexibility index (Phi) is 4.46. The molecule has 30 heavy (non-hydrogen) atoms. The van der Waals surface area contributed by atoms with Crippen molar-refractivity contribution in [1.82, 2.24) is 24.9 Å². The van der Waals surface area contributed by atoms with Gasteiger partial charge in [0.25, 0.3) is 5.91 Å². The number of hydrogen-bond donors (Lipinski definition) is 3. The third-order valence-electron chi connectivity index (χ3n) is 5.43. The van der Waals surface area contributed by atoms with Gasteiger partial charge in [0, 0.05) is 35.0 Å². The largest absolute Gasteiger partial charge is 0.351 e. The Morgan fingerprint density at radius 3 is 2.77 bits per heavy atom. The standard InChI is InChI=1S/C22H23N7O/c1-13-10-16(20(30)24-13)11-17-12-23-29-19(17)27-21(25-14(2)15-8-9-15)28-22(29)26-18-6-4-3-5-7-18/h3-7,11-12,14-15H,1,8-10H2,2H3,(H,24,30)(H2,25,26,27,28)/b16-11+/t14-/m1/s1. The van der Waals surface area contributed by atoms with Crippen molar-refractivity contribution in [3.8, 4) is 0 Å². The molecule has 3 heterocycles. The molecule has 0 spiro atoms. The predicted molar refractivity (Wildman–Crippen MR) is 116 cm³/mol. The molecule has 1 aliphatic heterocycles. The first-order valence-electron chi connectivity index (χ1n) is 10.1. The number of hydrogen-bond acceptors (Lipinski definition) is 6. The van der Waals surface area contributed by atoms with Gasteiger partial charge < -0.3 is 16.0 Å². The van der Waals surface area contributed by atoms with Crippen LogP contribution in [0.3, 0.4) is 0 Å². The molecule has 0 bridgehead atoms. The van der Waals surface area contributed by atoms with E-state index in [9.17, 15) is 4.79 Å². The summed E-state index contributed by atoms with van der Waals surface area (Å²) in [5.74, 6) is 1.63. The Morgan fingerprint density at radius 1 is 1.27 bits per heavy atom. The maximum Gasteiger partial charge on any atom is 0.251 e. The first-order chi connectivity index (χ1) is 14.6. The summed E-state index contributed by atoms with van der Waals surface area (Å²) in [6, 6.07) is 10.1. The number of nitrogens with zero attached hydrogens (tertiary/aromatic N) is 4. The number of para-hydroxylation sites is 1. The first kappa shape index (κ1) is 18.4. The molecule has 1 aromatic carbocycles. The minimum atomic E-state index is -0.128. The van der Waals surface area contributed by atoms with E-state index in [1.807, 2.05) is 36.4 Å². The fraction of sp³-hybridized carbons (Fsp3) is 0.273. The zero-order valence-electron chi connectivity index (χ0n) is 16.7. The lowest BCUT2D eigenvalue weighted by atomic mass is 10.1. The van der Waals surface area contributed by atoms with Gasteiger partial charge in [-0.15, -0.1) is 0 Å². The molecule has 2 aliphatic rings. The summed E-state index contributed by atoms with van der Waals surface area (Å²) in [6.45, 7) is 5.99. The normalized spacial score (nSPS) is 18.6. The highest BCUT2D eigenvalue weighted by Crippen LogP contribution is 2.34. The number of aromatic nitrogens is 4. The van der Waals surface area contributed by atoms with Crippen molar-refractivity contribution >= 4 is 35.2 Å². The van der Waals surface area contributed by atoms with Crippen molar-refractivity contribution in [3.63, 3.8) is 0 Å². The number of anilines is 3. The fourth-order valence-electron chi connectivity index (χ4n) is 3.61. The second kappa shape index (κ2) is 7.29. The molecule has 3 aromatic rings. The number of carbonyl (C=O) groups is 1. The molecule has 0 radical (unpaired) electrons. The summed E-state index contributed by atoms with van der Waals surface area (Å²) in [5, 5.41) is 14.0. The molecular weight excluding hydrogens is 378 g/mol. The molecule has 1 saturated heterocycles. The van der Waals surface area contributed by atoms with Crippen molar-refractivity contribution in [2.75, 3.05) is 10.6 Å². The highest BCUT2D eigenvalue weighted by atomic mass is 16.2. The smallest absolute Gasteiger partial charge is 0.251 e. The van der Waals surface area contributed by atoms with Crippen molar-refractivity contribution < 1.29 is 4.79 Å². The lowest BCUT2D eigenvalue weighted by Crippen LogP contribution is -2.20. The van der Waals surface area contributed by atoms with Gasteiger partial charge in [-0.1, -0.05) is 24.8 Å². The van der Waals surface area contributed by atoms with Crippen LogP contribution in [-0.4, -0.2) is 31.5 Å². The van der Waals surface area contributed by atoms with E-state index in [-0.39, 0.29) is 5.91 Å². The molecule has 5 rings (SSSR count). The van der Waals surface area contributed by atoms with Crippen molar-refractivity contribution in [1.29, 1.82) is 0 Å². The Bertz CT molecular complexity index is 1160. The number of carbonyl (C=O) groups excluding carboxylic acids is 1. The van der Waals surface area contributed by atoms with E-state index in [2.05, 4.69) is 39.5 Å². The number of benzene rings is 1. The molecule has 0 unspecified atom stereocenters. The second-order valence-corrected chi connectivity index (χ2v) is 7.87. The van der Waals surface area contributed by atoms with Crippen LogP contribution >= 0.6 is 0 Å². The van der Waals surface area contributed by atoms with E-state index in [4.69, 9.17) is 4.98 Å². The molecule has 1 atom stereocenters. The van der Waals surface area contributed by atoms with Crippen LogP contribution in [0.25, 0.3) is 11.7 Å². The summed E-state index contributed by atoms with van der Waals surface area (Å²) < 4.78 is 1.66. The van der Waals surface area contributed by atoms with Gasteiger partial charge in [0.1, 0.15) is 0 Å². The minimum absolute atomic E-state index is 0.128. The Balaban J connectivity index is 1.57. The average molecular weight is 401 g/mol. The number of fused-ring (bicyclic) bond motifs is 1. The van der Waals surface area contributed by atoms with Crippen LogP contribution in [0, 0.1) is 5.92 Å². The molecule has 2 aromatic heterocycles. The number of amides is 1. The average Bonchev–Trinajstić information content (AvgIpc) is 3.43. The van der Waals surface area contributed by atoms with Gasteiger partial charge in [-0.3, -0.25) is 4.79 Å². The first-order valence-corrected chi connectivity index (χ1v) is 10.1. The summed E-state index contributed by atoms with van der Waals surface area (Å²) in [4.78, 5) is 21.5. The monoisotopic (exact) mass is 401 g/mol. The summed E-state index contributed by atoms with van der Waals surface area (Å²) >= 11 is 0. The number of nitrogens with one attached hydrogen (secondary N) is 3. The topological polar surface area (TPSA) is 96.2 Å². The highest BCUT2D eigenvalue weighted by molar-refractivity contribution is 6.02. The zero-order chi connectivity index (χ0) is 20.7. The van der Waals surface area contributed by atoms with Crippen molar-refractivity contribution in [2.24, 2.45) is 5.92 Å². The number of rotatable bonds is 6. The molecule has 1 aliphatic carbocycles. The van der Waals surface area contributed by atoms with Crippen molar-refractivity contribution in [2.45, 2.75) is 32.2 Å². The zero-order valence-corrected chi connectivity index (χ0v) is 16.7. The van der Waals surface area contributed by atoms with Gasteiger partial charge in [-0.05, 0) is 43.9 Å². The summed E-state index contributed by atoms with van der Waals surface area (Å²) in [5.41, 5.74) is 3.64. The van der Waals surface area contributed by atoms with Crippen LogP contribution in [0.1, 0.15) is 31.7 Å². The lowest BCUT2D eigenvalue weighted by Gasteiger charge is -2.15. The summed E-state index contributed by atoms with van der Waals surface area (Å²) in [6.07, 6.45) is 6.49. The fourth-order valence-corrected chi connectivity index (χ4v) is 3.61. The van der Waals surface area contributed by atoms with Crippen molar-refractivity contribution in [3.05, 3.63) is 59.9 Å².